The lowest BCUT2D eigenvalue weighted by atomic mass is 10.0. The molecule has 0 spiro atoms. The van der Waals surface area contributed by atoms with Gasteiger partial charge >= 0.3 is 6.09 Å². The van der Waals surface area contributed by atoms with Crippen LogP contribution in [0.2, 0.25) is 0 Å². The molecule has 130 valence electrons. The van der Waals surface area contributed by atoms with Gasteiger partial charge in [0, 0.05) is 30.5 Å². The maximum atomic E-state index is 12.1. The van der Waals surface area contributed by atoms with Crippen LogP contribution >= 0.6 is 0 Å². The van der Waals surface area contributed by atoms with Crippen LogP contribution in [0.15, 0.2) is 6.20 Å². The van der Waals surface area contributed by atoms with Crippen molar-refractivity contribution in [2.24, 2.45) is 0 Å². The fourth-order valence-corrected chi connectivity index (χ4v) is 2.99. The molecule has 0 bridgehead atoms. The van der Waals surface area contributed by atoms with E-state index in [4.69, 9.17) is 4.74 Å². The summed E-state index contributed by atoms with van der Waals surface area (Å²) in [7, 11) is 0. The first-order chi connectivity index (χ1) is 10.8. The summed E-state index contributed by atoms with van der Waals surface area (Å²) in [6.07, 6.45) is 7.12. The first-order valence-electron chi connectivity index (χ1n) is 8.57. The lowest BCUT2D eigenvalue weighted by Crippen LogP contribution is -2.50. The van der Waals surface area contributed by atoms with Crippen LogP contribution < -0.4 is 10.6 Å². The molecule has 0 saturated heterocycles. The first kappa shape index (κ1) is 17.8. The van der Waals surface area contributed by atoms with Gasteiger partial charge in [0.15, 0.2) is 0 Å². The van der Waals surface area contributed by atoms with Crippen molar-refractivity contribution in [3.63, 3.8) is 0 Å². The van der Waals surface area contributed by atoms with Crippen LogP contribution in [-0.4, -0.2) is 33.7 Å². The Balaban J connectivity index is 1.91. The summed E-state index contributed by atoms with van der Waals surface area (Å²) < 4.78 is 5.40. The Morgan fingerprint density at radius 3 is 2.61 bits per heavy atom. The molecular weight excluding hydrogens is 292 g/mol. The van der Waals surface area contributed by atoms with Gasteiger partial charge in [-0.25, -0.2) is 9.78 Å². The number of aromatic amines is 1. The molecule has 6 nitrogen and oxygen atoms in total. The SMILES string of the molecule is Cc1ncc(CNC2CCCCCC2NC(=O)OC(C)(C)C)[nH]1. The summed E-state index contributed by atoms with van der Waals surface area (Å²) in [6, 6.07) is 0.366. The van der Waals surface area contributed by atoms with Crippen molar-refractivity contribution in [3.05, 3.63) is 17.7 Å². The second kappa shape index (κ2) is 7.81. The van der Waals surface area contributed by atoms with E-state index in [0.29, 0.717) is 0 Å². The number of carbonyl (C=O) groups excluding carboxylic acids is 1. The monoisotopic (exact) mass is 322 g/mol. The molecule has 1 amide bonds. The van der Waals surface area contributed by atoms with E-state index in [-0.39, 0.29) is 18.2 Å². The highest BCUT2D eigenvalue weighted by atomic mass is 16.6. The highest BCUT2D eigenvalue weighted by Crippen LogP contribution is 2.19. The van der Waals surface area contributed by atoms with Crippen molar-refractivity contribution in [3.8, 4) is 0 Å². The molecule has 2 rings (SSSR count). The molecule has 23 heavy (non-hydrogen) atoms. The Morgan fingerprint density at radius 2 is 2.00 bits per heavy atom. The van der Waals surface area contributed by atoms with Crippen LogP contribution in [0.5, 0.6) is 0 Å². The van der Waals surface area contributed by atoms with Gasteiger partial charge in [0.1, 0.15) is 11.4 Å². The molecule has 1 aliphatic carbocycles. The molecular formula is C17H30N4O2. The number of nitrogens with one attached hydrogen (secondary N) is 3. The maximum absolute atomic E-state index is 12.1. The second-order valence-corrected chi connectivity index (χ2v) is 7.37. The molecule has 1 aromatic rings. The number of nitrogens with zero attached hydrogens (tertiary/aromatic N) is 1. The summed E-state index contributed by atoms with van der Waals surface area (Å²) in [6.45, 7) is 8.34. The molecule has 1 fully saturated rings. The van der Waals surface area contributed by atoms with E-state index >= 15 is 0 Å². The van der Waals surface area contributed by atoms with Gasteiger partial charge in [-0.2, -0.15) is 0 Å². The predicted molar refractivity (Wildman–Crippen MR) is 90.2 cm³/mol. The summed E-state index contributed by atoms with van der Waals surface area (Å²) >= 11 is 0. The Morgan fingerprint density at radius 1 is 1.30 bits per heavy atom. The molecule has 2 unspecified atom stereocenters. The quantitative estimate of drug-likeness (QED) is 0.745. The first-order valence-corrected chi connectivity index (χ1v) is 8.57. The number of hydrogen-bond donors (Lipinski definition) is 3. The molecule has 2 atom stereocenters. The molecule has 1 heterocycles. The van der Waals surface area contributed by atoms with Crippen molar-refractivity contribution >= 4 is 6.09 Å². The molecule has 1 aliphatic rings. The zero-order valence-electron chi connectivity index (χ0n) is 14.7. The molecule has 0 aromatic carbocycles. The number of rotatable bonds is 4. The Bertz CT molecular complexity index is 507. The minimum absolute atomic E-state index is 0.108. The van der Waals surface area contributed by atoms with Gasteiger partial charge in [0.25, 0.3) is 0 Å². The number of alkyl carbamates (subject to hydrolysis) is 1. The van der Waals surface area contributed by atoms with E-state index in [1.165, 1.54) is 12.8 Å². The fourth-order valence-electron chi connectivity index (χ4n) is 2.99. The number of ether oxygens (including phenoxy) is 1. The van der Waals surface area contributed by atoms with Crippen LogP contribution in [-0.2, 0) is 11.3 Å². The average molecular weight is 322 g/mol. The van der Waals surface area contributed by atoms with Gasteiger partial charge in [0.05, 0.1) is 0 Å². The van der Waals surface area contributed by atoms with Gasteiger partial charge in [0.2, 0.25) is 0 Å². The zero-order valence-corrected chi connectivity index (χ0v) is 14.7. The number of carbonyl (C=O) groups is 1. The van der Waals surface area contributed by atoms with E-state index in [1.54, 1.807) is 0 Å². The Hall–Kier alpha value is -1.56. The third kappa shape index (κ3) is 6.22. The highest BCUT2D eigenvalue weighted by molar-refractivity contribution is 5.68. The summed E-state index contributed by atoms with van der Waals surface area (Å²) in [5, 5.41) is 6.63. The van der Waals surface area contributed by atoms with Crippen molar-refractivity contribution < 1.29 is 9.53 Å². The van der Waals surface area contributed by atoms with Gasteiger partial charge in [-0.15, -0.1) is 0 Å². The average Bonchev–Trinajstić information content (AvgIpc) is 2.72. The number of aromatic nitrogens is 2. The van der Waals surface area contributed by atoms with E-state index in [0.717, 1.165) is 37.3 Å². The van der Waals surface area contributed by atoms with Crippen LogP contribution in [0.25, 0.3) is 0 Å². The van der Waals surface area contributed by atoms with Crippen molar-refractivity contribution in [1.82, 2.24) is 20.6 Å². The van der Waals surface area contributed by atoms with Gasteiger partial charge < -0.3 is 20.4 Å². The predicted octanol–water partition coefficient (Wildman–Crippen LogP) is 3.03. The fraction of sp³-hybridized carbons (Fsp3) is 0.765. The molecule has 0 radical (unpaired) electrons. The van der Waals surface area contributed by atoms with E-state index in [9.17, 15) is 4.79 Å². The smallest absolute Gasteiger partial charge is 0.407 e. The van der Waals surface area contributed by atoms with E-state index in [1.807, 2.05) is 33.9 Å². The molecule has 1 aromatic heterocycles. The third-order valence-electron chi connectivity index (χ3n) is 4.03. The number of imidazole rings is 1. The standard InChI is InChI=1S/C17H30N4O2/c1-12-18-10-13(20-12)11-19-14-8-6-5-7-9-15(14)21-16(22)23-17(2,3)4/h10,14-15,19H,5-9,11H2,1-4H3,(H,18,20)(H,21,22). The lowest BCUT2D eigenvalue weighted by Gasteiger charge is -2.28. The molecule has 3 N–H and O–H groups in total. The molecule has 6 heteroatoms. The minimum Gasteiger partial charge on any atom is -0.444 e. The number of amides is 1. The number of aryl methyl sites for hydroxylation is 1. The largest absolute Gasteiger partial charge is 0.444 e. The summed E-state index contributed by atoms with van der Waals surface area (Å²) in [5.74, 6) is 0.922. The number of hydrogen-bond acceptors (Lipinski definition) is 4. The van der Waals surface area contributed by atoms with Crippen LogP contribution in [0.3, 0.4) is 0 Å². The minimum atomic E-state index is -0.467. The normalized spacial score (nSPS) is 22.4. The lowest BCUT2D eigenvalue weighted by molar-refractivity contribution is 0.0489. The van der Waals surface area contributed by atoms with Gasteiger partial charge in [-0.05, 0) is 40.5 Å². The third-order valence-corrected chi connectivity index (χ3v) is 4.03. The highest BCUT2D eigenvalue weighted by Gasteiger charge is 2.27. The number of H-pyrrole nitrogens is 1. The van der Waals surface area contributed by atoms with Crippen molar-refractivity contribution in [2.75, 3.05) is 0 Å². The van der Waals surface area contributed by atoms with Crippen LogP contribution in [0, 0.1) is 6.92 Å². The van der Waals surface area contributed by atoms with E-state index in [2.05, 4.69) is 20.6 Å². The topological polar surface area (TPSA) is 79.0 Å². The molecule has 1 saturated carbocycles. The summed E-state index contributed by atoms with van der Waals surface area (Å²) in [4.78, 5) is 19.5. The Kier molecular flexibility index (Phi) is 6.04. The van der Waals surface area contributed by atoms with Crippen LogP contribution in [0.1, 0.15) is 64.4 Å². The van der Waals surface area contributed by atoms with Gasteiger partial charge in [-0.3, -0.25) is 0 Å². The maximum Gasteiger partial charge on any atom is 0.407 e. The Labute approximate surface area is 138 Å². The molecule has 0 aliphatic heterocycles. The second-order valence-electron chi connectivity index (χ2n) is 7.37. The van der Waals surface area contributed by atoms with Crippen molar-refractivity contribution in [1.29, 1.82) is 0 Å². The summed E-state index contributed by atoms with van der Waals surface area (Å²) in [5.41, 5.74) is 0.605. The van der Waals surface area contributed by atoms with Gasteiger partial charge in [-0.1, -0.05) is 19.3 Å². The van der Waals surface area contributed by atoms with Crippen molar-refractivity contribution in [2.45, 2.75) is 84.0 Å². The van der Waals surface area contributed by atoms with E-state index < -0.39 is 5.60 Å². The van der Waals surface area contributed by atoms with Crippen LogP contribution in [0.4, 0.5) is 4.79 Å². The zero-order chi connectivity index (χ0) is 16.9.